The third-order valence-electron chi connectivity index (χ3n) is 3.32. The quantitative estimate of drug-likeness (QED) is 0.853. The van der Waals surface area contributed by atoms with Crippen molar-refractivity contribution in [3.63, 3.8) is 0 Å². The molecule has 0 radical (unpaired) electrons. The van der Waals surface area contributed by atoms with Gasteiger partial charge >= 0.3 is 0 Å². The van der Waals surface area contributed by atoms with Crippen LogP contribution in [0.5, 0.6) is 5.75 Å². The van der Waals surface area contributed by atoms with Crippen molar-refractivity contribution in [2.45, 2.75) is 13.1 Å². The number of nitrogens with zero attached hydrogens (tertiary/aromatic N) is 1. The molecular weight excluding hydrogens is 245 g/mol. The maximum atomic E-state index is 13.2. The summed E-state index contributed by atoms with van der Waals surface area (Å²) < 4.78 is 13.2. The molecule has 3 nitrogen and oxygen atoms in total. The van der Waals surface area contributed by atoms with E-state index < -0.39 is 5.82 Å². The third kappa shape index (κ3) is 2.05. The van der Waals surface area contributed by atoms with Gasteiger partial charge in [-0.2, -0.15) is 0 Å². The summed E-state index contributed by atoms with van der Waals surface area (Å²) in [6.45, 7) is 0.982. The van der Waals surface area contributed by atoms with E-state index in [2.05, 4.69) is 0 Å². The molecule has 0 bridgehead atoms. The van der Waals surface area contributed by atoms with Gasteiger partial charge in [0.25, 0.3) is 5.91 Å². The first-order valence-corrected chi connectivity index (χ1v) is 6.00. The van der Waals surface area contributed by atoms with E-state index in [-0.39, 0.29) is 17.2 Å². The smallest absolute Gasteiger partial charge is 0.258 e. The van der Waals surface area contributed by atoms with E-state index in [1.54, 1.807) is 4.90 Å². The van der Waals surface area contributed by atoms with Gasteiger partial charge in [0.05, 0.1) is 5.56 Å². The van der Waals surface area contributed by atoms with Crippen LogP contribution in [0.15, 0.2) is 42.5 Å². The molecule has 0 aromatic heterocycles. The summed E-state index contributed by atoms with van der Waals surface area (Å²) in [5, 5.41) is 9.67. The van der Waals surface area contributed by atoms with Gasteiger partial charge in [-0.1, -0.05) is 24.3 Å². The fourth-order valence-electron chi connectivity index (χ4n) is 2.33. The monoisotopic (exact) mass is 257 g/mol. The van der Waals surface area contributed by atoms with Crippen LogP contribution in [0.2, 0.25) is 0 Å². The van der Waals surface area contributed by atoms with Crippen LogP contribution >= 0.6 is 0 Å². The number of phenols is 1. The number of carbonyl (C=O) groups is 1. The van der Waals surface area contributed by atoms with Crippen LogP contribution in [0, 0.1) is 5.82 Å². The normalized spacial score (nSPS) is 13.4. The molecule has 1 aliphatic heterocycles. The average Bonchev–Trinajstić information content (AvgIpc) is 2.84. The average molecular weight is 257 g/mol. The van der Waals surface area contributed by atoms with Gasteiger partial charge in [0.1, 0.15) is 11.6 Å². The first-order chi connectivity index (χ1) is 9.15. The zero-order valence-electron chi connectivity index (χ0n) is 10.1. The number of halogens is 1. The molecule has 1 aliphatic rings. The highest BCUT2D eigenvalue weighted by Gasteiger charge is 2.25. The molecule has 0 unspecified atom stereocenters. The van der Waals surface area contributed by atoms with Gasteiger partial charge in [0.2, 0.25) is 0 Å². The number of benzene rings is 2. The van der Waals surface area contributed by atoms with E-state index in [0.717, 1.165) is 23.3 Å². The van der Waals surface area contributed by atoms with Gasteiger partial charge in [-0.3, -0.25) is 4.79 Å². The molecule has 0 spiro atoms. The number of phenolic OH excluding ortho intramolecular Hbond substituents is 1. The molecule has 1 amide bonds. The lowest BCUT2D eigenvalue weighted by Gasteiger charge is -2.16. The van der Waals surface area contributed by atoms with Crippen LogP contribution in [-0.2, 0) is 13.1 Å². The second kappa shape index (κ2) is 4.39. The van der Waals surface area contributed by atoms with Crippen LogP contribution in [0.3, 0.4) is 0 Å². The molecule has 1 N–H and O–H groups in total. The molecule has 96 valence electrons. The van der Waals surface area contributed by atoms with Crippen molar-refractivity contribution < 1.29 is 14.3 Å². The summed E-state index contributed by atoms with van der Waals surface area (Å²) in [4.78, 5) is 13.9. The Morgan fingerprint density at radius 3 is 2.37 bits per heavy atom. The summed E-state index contributed by atoms with van der Waals surface area (Å²) in [6, 6.07) is 11.2. The van der Waals surface area contributed by atoms with Crippen molar-refractivity contribution in [2.24, 2.45) is 0 Å². The van der Waals surface area contributed by atoms with Gasteiger partial charge in [0.15, 0.2) is 0 Å². The van der Waals surface area contributed by atoms with Gasteiger partial charge in [-0.15, -0.1) is 0 Å². The van der Waals surface area contributed by atoms with E-state index in [4.69, 9.17) is 0 Å². The highest BCUT2D eigenvalue weighted by Crippen LogP contribution is 2.27. The summed E-state index contributed by atoms with van der Waals surface area (Å²) >= 11 is 0. The molecule has 0 saturated carbocycles. The van der Waals surface area contributed by atoms with Crippen LogP contribution < -0.4 is 0 Å². The maximum Gasteiger partial charge on any atom is 0.258 e. The zero-order valence-corrected chi connectivity index (χ0v) is 10.1. The van der Waals surface area contributed by atoms with Gasteiger partial charge in [-0.25, -0.2) is 4.39 Å². The minimum Gasteiger partial charge on any atom is -0.507 e. The fourth-order valence-corrected chi connectivity index (χ4v) is 2.33. The Kier molecular flexibility index (Phi) is 2.71. The number of amides is 1. The first kappa shape index (κ1) is 11.7. The van der Waals surface area contributed by atoms with E-state index in [9.17, 15) is 14.3 Å². The second-order valence-corrected chi connectivity index (χ2v) is 4.59. The largest absolute Gasteiger partial charge is 0.507 e. The minimum absolute atomic E-state index is 0.00723. The lowest BCUT2D eigenvalue weighted by Crippen LogP contribution is -2.25. The molecule has 2 aromatic carbocycles. The lowest BCUT2D eigenvalue weighted by molar-refractivity contribution is 0.0748. The topological polar surface area (TPSA) is 40.5 Å². The fraction of sp³-hybridized carbons (Fsp3) is 0.133. The SMILES string of the molecule is O=C(c1cc(F)ccc1O)N1Cc2ccccc2C1. The Morgan fingerprint density at radius 1 is 1.11 bits per heavy atom. The van der Waals surface area contributed by atoms with Crippen molar-refractivity contribution in [3.05, 3.63) is 65.0 Å². The zero-order chi connectivity index (χ0) is 13.4. The minimum atomic E-state index is -0.530. The van der Waals surface area contributed by atoms with Gasteiger partial charge in [0, 0.05) is 13.1 Å². The van der Waals surface area contributed by atoms with Crippen LogP contribution in [-0.4, -0.2) is 15.9 Å². The van der Waals surface area contributed by atoms with Crippen LogP contribution in [0.25, 0.3) is 0 Å². The first-order valence-electron chi connectivity index (χ1n) is 6.00. The molecule has 4 heteroatoms. The molecule has 1 heterocycles. The number of rotatable bonds is 1. The Bertz CT molecular complexity index is 629. The molecule has 0 saturated heterocycles. The number of carbonyl (C=O) groups excluding carboxylic acids is 1. The van der Waals surface area contributed by atoms with E-state index in [1.165, 1.54) is 6.07 Å². The predicted molar refractivity (Wildman–Crippen MR) is 68.1 cm³/mol. The standard InChI is InChI=1S/C15H12FNO2/c16-12-5-6-14(18)13(7-12)15(19)17-8-10-3-1-2-4-11(10)9-17/h1-7,18H,8-9H2. The number of fused-ring (bicyclic) bond motifs is 1. The molecule has 0 fully saturated rings. The maximum absolute atomic E-state index is 13.2. The molecule has 19 heavy (non-hydrogen) atoms. The summed E-state index contributed by atoms with van der Waals surface area (Å²) in [5.41, 5.74) is 2.19. The van der Waals surface area contributed by atoms with E-state index >= 15 is 0 Å². The van der Waals surface area contributed by atoms with Crippen molar-refractivity contribution >= 4 is 5.91 Å². The predicted octanol–water partition coefficient (Wildman–Crippen LogP) is 2.69. The van der Waals surface area contributed by atoms with Gasteiger partial charge < -0.3 is 10.0 Å². The Hall–Kier alpha value is -2.36. The molecule has 0 aliphatic carbocycles. The Labute approximate surface area is 109 Å². The highest BCUT2D eigenvalue weighted by molar-refractivity contribution is 5.97. The van der Waals surface area contributed by atoms with Crippen molar-refractivity contribution in [2.75, 3.05) is 0 Å². The van der Waals surface area contributed by atoms with Crippen LogP contribution in [0.4, 0.5) is 4.39 Å². The van der Waals surface area contributed by atoms with Crippen LogP contribution in [0.1, 0.15) is 21.5 Å². The van der Waals surface area contributed by atoms with Gasteiger partial charge in [-0.05, 0) is 29.3 Å². The summed E-state index contributed by atoms with van der Waals surface area (Å²) in [5.74, 6) is -1.08. The molecule has 0 atom stereocenters. The van der Waals surface area contributed by atoms with E-state index in [1.807, 2.05) is 24.3 Å². The highest BCUT2D eigenvalue weighted by atomic mass is 19.1. The third-order valence-corrected chi connectivity index (χ3v) is 3.32. The molecular formula is C15H12FNO2. The molecule has 2 aromatic rings. The Balaban J connectivity index is 1.89. The summed E-state index contributed by atoms with van der Waals surface area (Å²) in [6.07, 6.45) is 0. The Morgan fingerprint density at radius 2 is 1.74 bits per heavy atom. The number of hydrogen-bond donors (Lipinski definition) is 1. The molecule has 3 rings (SSSR count). The van der Waals surface area contributed by atoms with Crippen molar-refractivity contribution in [1.82, 2.24) is 4.90 Å². The number of hydrogen-bond acceptors (Lipinski definition) is 2. The summed E-state index contributed by atoms with van der Waals surface area (Å²) in [7, 11) is 0. The second-order valence-electron chi connectivity index (χ2n) is 4.59. The lowest BCUT2D eigenvalue weighted by atomic mass is 10.1. The number of aromatic hydroxyl groups is 1. The van der Waals surface area contributed by atoms with Crippen molar-refractivity contribution in [3.8, 4) is 5.75 Å². The van der Waals surface area contributed by atoms with Crippen molar-refractivity contribution in [1.29, 1.82) is 0 Å². The van der Waals surface area contributed by atoms with E-state index in [0.29, 0.717) is 13.1 Å².